The number of rotatable bonds is 3. The topological polar surface area (TPSA) is 43.8 Å². The van der Waals surface area contributed by atoms with Gasteiger partial charge in [-0.3, -0.25) is 4.68 Å². The fourth-order valence-corrected chi connectivity index (χ4v) is 2.31. The van der Waals surface area contributed by atoms with Gasteiger partial charge in [0, 0.05) is 17.1 Å². The van der Waals surface area contributed by atoms with Gasteiger partial charge in [0.25, 0.3) is 0 Å². The van der Waals surface area contributed by atoms with Gasteiger partial charge in [-0.2, -0.15) is 5.10 Å². The summed E-state index contributed by atoms with van der Waals surface area (Å²) in [6, 6.07) is 5.81. The Bertz CT molecular complexity index is 545. The highest BCUT2D eigenvalue weighted by Crippen LogP contribution is 2.29. The summed E-state index contributed by atoms with van der Waals surface area (Å²) >= 11 is 6.03. The van der Waals surface area contributed by atoms with E-state index in [1.807, 2.05) is 19.9 Å². The smallest absolute Gasteiger partial charge is 0.129 e. The molecule has 1 aromatic heterocycles. The Morgan fingerprint density at radius 1 is 1.50 bits per heavy atom. The van der Waals surface area contributed by atoms with Crippen LogP contribution < -0.4 is 5.73 Å². The van der Waals surface area contributed by atoms with Gasteiger partial charge in [0.15, 0.2) is 0 Å². The number of hydrogen-bond donors (Lipinski definition) is 1. The zero-order chi connectivity index (χ0) is 13.3. The van der Waals surface area contributed by atoms with Crippen LogP contribution in [0.1, 0.15) is 29.9 Å². The summed E-state index contributed by atoms with van der Waals surface area (Å²) < 4.78 is 15.6. The van der Waals surface area contributed by atoms with E-state index >= 15 is 0 Å². The molecule has 0 radical (unpaired) electrons. The molecule has 0 aliphatic rings. The summed E-state index contributed by atoms with van der Waals surface area (Å²) in [5, 5.41) is 4.64. The Balaban J connectivity index is 2.50. The third-order valence-corrected chi connectivity index (χ3v) is 3.19. The van der Waals surface area contributed by atoms with Crippen LogP contribution in [0.25, 0.3) is 0 Å². The molecule has 96 valence electrons. The number of halogens is 2. The lowest BCUT2D eigenvalue weighted by Crippen LogP contribution is -2.18. The monoisotopic (exact) mass is 267 g/mol. The average Bonchev–Trinajstić information content (AvgIpc) is 2.70. The zero-order valence-electron chi connectivity index (χ0n) is 10.3. The van der Waals surface area contributed by atoms with Crippen molar-refractivity contribution in [2.45, 2.75) is 26.4 Å². The minimum absolute atomic E-state index is 0.314. The molecule has 0 spiro atoms. The normalized spacial score (nSPS) is 12.7. The molecule has 0 aliphatic carbocycles. The molecule has 0 saturated heterocycles. The number of aromatic nitrogens is 2. The molecule has 0 aliphatic heterocycles. The molecule has 1 atom stereocenters. The highest BCUT2D eigenvalue weighted by molar-refractivity contribution is 6.31. The van der Waals surface area contributed by atoms with Crippen molar-refractivity contribution in [1.82, 2.24) is 9.78 Å². The number of nitrogens with zero attached hydrogens (tertiary/aromatic N) is 2. The van der Waals surface area contributed by atoms with Crippen LogP contribution in [0.15, 0.2) is 24.3 Å². The molecular formula is C13H15ClFN3. The molecule has 2 N–H and O–H groups in total. The van der Waals surface area contributed by atoms with Crippen LogP contribution in [0.3, 0.4) is 0 Å². The van der Waals surface area contributed by atoms with Gasteiger partial charge in [-0.25, -0.2) is 4.39 Å². The Kier molecular flexibility index (Phi) is 3.68. The van der Waals surface area contributed by atoms with E-state index in [1.54, 1.807) is 16.8 Å². The summed E-state index contributed by atoms with van der Waals surface area (Å²) in [5.74, 6) is -0.392. The first-order chi connectivity index (χ1) is 8.54. The van der Waals surface area contributed by atoms with E-state index in [1.165, 1.54) is 6.07 Å². The molecule has 0 amide bonds. The highest BCUT2D eigenvalue weighted by atomic mass is 35.5. The Labute approximate surface area is 110 Å². The van der Waals surface area contributed by atoms with Gasteiger partial charge in [-0.15, -0.1) is 0 Å². The molecule has 0 bridgehead atoms. The van der Waals surface area contributed by atoms with Crippen LogP contribution in [0, 0.1) is 12.7 Å². The Morgan fingerprint density at radius 2 is 2.22 bits per heavy atom. The molecule has 3 nitrogen and oxygen atoms in total. The fraction of sp³-hybridized carbons (Fsp3) is 0.308. The van der Waals surface area contributed by atoms with Crippen molar-refractivity contribution in [2.24, 2.45) is 5.73 Å². The summed E-state index contributed by atoms with van der Waals surface area (Å²) in [5.41, 5.74) is 8.06. The van der Waals surface area contributed by atoms with Crippen LogP contribution in [0.2, 0.25) is 5.02 Å². The van der Waals surface area contributed by atoms with E-state index < -0.39 is 11.9 Å². The molecule has 2 rings (SSSR count). The average molecular weight is 268 g/mol. The van der Waals surface area contributed by atoms with E-state index in [-0.39, 0.29) is 0 Å². The van der Waals surface area contributed by atoms with Gasteiger partial charge in [-0.1, -0.05) is 17.7 Å². The fourth-order valence-electron chi connectivity index (χ4n) is 2.02. The maximum absolute atomic E-state index is 13.8. The first-order valence-electron chi connectivity index (χ1n) is 5.78. The van der Waals surface area contributed by atoms with E-state index in [2.05, 4.69) is 5.10 Å². The van der Waals surface area contributed by atoms with Crippen molar-refractivity contribution in [3.05, 3.63) is 52.1 Å². The molecular weight excluding hydrogens is 253 g/mol. The molecule has 1 heterocycles. The predicted molar refractivity (Wildman–Crippen MR) is 70.1 cm³/mol. The largest absolute Gasteiger partial charge is 0.319 e. The second kappa shape index (κ2) is 5.08. The number of hydrogen-bond acceptors (Lipinski definition) is 2. The van der Waals surface area contributed by atoms with Gasteiger partial charge in [0.1, 0.15) is 5.82 Å². The van der Waals surface area contributed by atoms with Crippen LogP contribution in [-0.4, -0.2) is 9.78 Å². The summed E-state index contributed by atoms with van der Waals surface area (Å²) in [4.78, 5) is 0. The molecule has 0 fully saturated rings. The Hall–Kier alpha value is -1.39. The van der Waals surface area contributed by atoms with Crippen molar-refractivity contribution < 1.29 is 4.39 Å². The lowest BCUT2D eigenvalue weighted by molar-refractivity contribution is 0.567. The quantitative estimate of drug-likeness (QED) is 0.929. The predicted octanol–water partition coefficient (Wildman–Crippen LogP) is 3.05. The molecule has 1 unspecified atom stereocenters. The Morgan fingerprint density at radius 3 is 2.83 bits per heavy atom. The van der Waals surface area contributed by atoms with Crippen LogP contribution >= 0.6 is 11.6 Å². The van der Waals surface area contributed by atoms with Gasteiger partial charge >= 0.3 is 0 Å². The first-order valence-corrected chi connectivity index (χ1v) is 6.16. The lowest BCUT2D eigenvalue weighted by Gasteiger charge is -2.15. The molecule has 0 saturated carbocycles. The van der Waals surface area contributed by atoms with Gasteiger partial charge < -0.3 is 5.73 Å². The summed E-state index contributed by atoms with van der Waals surface area (Å²) in [7, 11) is 0. The first kappa shape index (κ1) is 13.1. The van der Waals surface area contributed by atoms with E-state index in [9.17, 15) is 4.39 Å². The van der Waals surface area contributed by atoms with Gasteiger partial charge in [0.05, 0.1) is 17.4 Å². The SMILES string of the molecule is CCn1nc(C)cc1C(N)c1c(F)cccc1Cl. The zero-order valence-corrected chi connectivity index (χ0v) is 11.1. The standard InChI is InChI=1S/C13H15ClFN3/c1-3-18-11(7-8(2)17-18)13(16)12-9(14)5-4-6-10(12)15/h4-7,13H,3,16H2,1-2H3. The van der Waals surface area contributed by atoms with Crippen molar-refractivity contribution in [3.8, 4) is 0 Å². The van der Waals surface area contributed by atoms with Crippen molar-refractivity contribution in [3.63, 3.8) is 0 Å². The van der Waals surface area contributed by atoms with Crippen LogP contribution in [0.4, 0.5) is 4.39 Å². The van der Waals surface area contributed by atoms with Crippen molar-refractivity contribution in [1.29, 1.82) is 0 Å². The maximum Gasteiger partial charge on any atom is 0.129 e. The third kappa shape index (κ3) is 2.26. The summed E-state index contributed by atoms with van der Waals surface area (Å²) in [6.07, 6.45) is 0. The number of aryl methyl sites for hydroxylation is 2. The molecule has 5 heteroatoms. The maximum atomic E-state index is 13.8. The van der Waals surface area contributed by atoms with Crippen molar-refractivity contribution in [2.75, 3.05) is 0 Å². The second-order valence-electron chi connectivity index (χ2n) is 4.14. The van der Waals surface area contributed by atoms with Gasteiger partial charge in [0.2, 0.25) is 0 Å². The van der Waals surface area contributed by atoms with E-state index in [0.717, 1.165) is 11.4 Å². The number of benzene rings is 1. The van der Waals surface area contributed by atoms with Crippen molar-refractivity contribution >= 4 is 11.6 Å². The number of nitrogens with two attached hydrogens (primary N) is 1. The molecule has 18 heavy (non-hydrogen) atoms. The molecule has 1 aromatic carbocycles. The van der Waals surface area contributed by atoms with Crippen LogP contribution in [-0.2, 0) is 6.54 Å². The minimum atomic E-state index is -0.611. The highest BCUT2D eigenvalue weighted by Gasteiger charge is 2.20. The van der Waals surface area contributed by atoms with E-state index in [4.69, 9.17) is 17.3 Å². The third-order valence-electron chi connectivity index (χ3n) is 2.86. The lowest BCUT2D eigenvalue weighted by atomic mass is 10.0. The van der Waals surface area contributed by atoms with Gasteiger partial charge in [-0.05, 0) is 32.0 Å². The van der Waals surface area contributed by atoms with Crippen LogP contribution in [0.5, 0.6) is 0 Å². The summed E-state index contributed by atoms with van der Waals surface area (Å²) in [6.45, 7) is 4.53. The van der Waals surface area contributed by atoms with E-state index in [0.29, 0.717) is 17.1 Å². The minimum Gasteiger partial charge on any atom is -0.319 e. The second-order valence-corrected chi connectivity index (χ2v) is 4.55. The molecule has 2 aromatic rings.